The summed E-state index contributed by atoms with van der Waals surface area (Å²) in [6.07, 6.45) is -0.519. The largest absolute Gasteiger partial charge is 0.453 e. The molecule has 0 radical (unpaired) electrons. The zero-order valence-electron chi connectivity index (χ0n) is 10.3. The van der Waals surface area contributed by atoms with Crippen LogP contribution in [-0.4, -0.2) is 11.7 Å². The predicted octanol–water partition coefficient (Wildman–Crippen LogP) is 3.13. The summed E-state index contributed by atoms with van der Waals surface area (Å²) >= 11 is 3.21. The molecule has 0 aromatic carbocycles. The van der Waals surface area contributed by atoms with Gasteiger partial charge in [-0.1, -0.05) is 0 Å². The zero-order chi connectivity index (χ0) is 13.1. The molecule has 0 saturated carbocycles. The number of hydrazine groups is 1. The van der Waals surface area contributed by atoms with E-state index in [0.29, 0.717) is 10.4 Å². The van der Waals surface area contributed by atoms with E-state index >= 15 is 0 Å². The van der Waals surface area contributed by atoms with Gasteiger partial charge in [-0.05, 0) is 55.8 Å². The number of hydrogen-bond donors (Lipinski definition) is 2. The molecule has 0 spiro atoms. The van der Waals surface area contributed by atoms with Gasteiger partial charge < -0.3 is 9.15 Å². The third-order valence-corrected chi connectivity index (χ3v) is 2.24. The first kappa shape index (κ1) is 14.1. The maximum absolute atomic E-state index is 11.4. The van der Waals surface area contributed by atoms with Gasteiger partial charge in [-0.25, -0.2) is 10.2 Å². The number of rotatable bonds is 3. The minimum atomic E-state index is -0.519. The summed E-state index contributed by atoms with van der Waals surface area (Å²) in [7, 11) is 0. The minimum absolute atomic E-state index is 0.145. The van der Waals surface area contributed by atoms with Crippen LogP contribution in [-0.2, 0) is 4.74 Å². The molecule has 0 fully saturated rings. The van der Waals surface area contributed by atoms with Crippen LogP contribution in [0.4, 0.5) is 4.79 Å². The van der Waals surface area contributed by atoms with Crippen LogP contribution in [0, 0.1) is 0 Å². The molecule has 0 aliphatic carbocycles. The normalized spacial score (nSPS) is 13.2. The fourth-order valence-electron chi connectivity index (χ4n) is 1.10. The summed E-state index contributed by atoms with van der Waals surface area (Å²) in [5.74, 6) is 0.716. The van der Waals surface area contributed by atoms with Gasteiger partial charge in [0.1, 0.15) is 11.4 Å². The SMILES string of the molecule is CC(NNC(=O)OC(C)(C)C)c1ccc(Br)o1. The molecule has 0 saturated heterocycles. The van der Waals surface area contributed by atoms with Gasteiger partial charge in [0.05, 0.1) is 6.04 Å². The van der Waals surface area contributed by atoms with E-state index in [0.717, 1.165) is 0 Å². The van der Waals surface area contributed by atoms with Crippen LogP contribution in [0.15, 0.2) is 21.2 Å². The van der Waals surface area contributed by atoms with Crippen molar-refractivity contribution in [2.45, 2.75) is 39.3 Å². The topological polar surface area (TPSA) is 63.5 Å². The van der Waals surface area contributed by atoms with Gasteiger partial charge in [0.15, 0.2) is 4.67 Å². The standard InChI is InChI=1S/C11H17BrN2O3/c1-7(8-5-6-9(12)16-8)13-14-10(15)17-11(2,3)4/h5-7,13H,1-4H3,(H,14,15). The maximum atomic E-state index is 11.4. The van der Waals surface area contributed by atoms with Gasteiger partial charge in [-0.2, -0.15) is 0 Å². The molecule has 1 amide bonds. The average Bonchev–Trinajstić information content (AvgIpc) is 2.58. The number of hydrogen-bond acceptors (Lipinski definition) is 4. The number of ether oxygens (including phenoxy) is 1. The van der Waals surface area contributed by atoms with Crippen molar-refractivity contribution < 1.29 is 13.9 Å². The fraction of sp³-hybridized carbons (Fsp3) is 0.545. The van der Waals surface area contributed by atoms with Crippen LogP contribution in [0.2, 0.25) is 0 Å². The van der Waals surface area contributed by atoms with E-state index in [1.807, 2.05) is 13.0 Å². The van der Waals surface area contributed by atoms with E-state index < -0.39 is 11.7 Å². The van der Waals surface area contributed by atoms with Crippen LogP contribution in [0.25, 0.3) is 0 Å². The molecule has 1 unspecified atom stereocenters. The van der Waals surface area contributed by atoms with Gasteiger partial charge in [0, 0.05) is 0 Å². The Hall–Kier alpha value is -1.01. The number of carbonyl (C=O) groups excluding carboxylic acids is 1. The van der Waals surface area contributed by atoms with Crippen molar-refractivity contribution in [1.29, 1.82) is 0 Å². The minimum Gasteiger partial charge on any atom is -0.453 e. The molecule has 6 heteroatoms. The molecule has 0 bridgehead atoms. The van der Waals surface area contributed by atoms with Gasteiger partial charge in [-0.3, -0.25) is 5.43 Å². The highest BCUT2D eigenvalue weighted by molar-refractivity contribution is 9.10. The van der Waals surface area contributed by atoms with E-state index in [1.54, 1.807) is 26.8 Å². The van der Waals surface area contributed by atoms with Crippen LogP contribution in [0.3, 0.4) is 0 Å². The highest BCUT2D eigenvalue weighted by Crippen LogP contribution is 2.19. The number of nitrogens with one attached hydrogen (secondary N) is 2. The zero-order valence-corrected chi connectivity index (χ0v) is 11.9. The second-order valence-corrected chi connectivity index (χ2v) is 5.42. The van der Waals surface area contributed by atoms with Gasteiger partial charge in [0.25, 0.3) is 0 Å². The van der Waals surface area contributed by atoms with Crippen molar-refractivity contribution in [3.05, 3.63) is 22.6 Å². The van der Waals surface area contributed by atoms with Crippen molar-refractivity contribution in [2.24, 2.45) is 0 Å². The Balaban J connectivity index is 2.38. The van der Waals surface area contributed by atoms with Crippen molar-refractivity contribution in [1.82, 2.24) is 10.9 Å². The van der Waals surface area contributed by atoms with Gasteiger partial charge in [0.2, 0.25) is 0 Å². The quantitative estimate of drug-likeness (QED) is 0.842. The molecular formula is C11H17BrN2O3. The summed E-state index contributed by atoms with van der Waals surface area (Å²) in [6, 6.07) is 3.47. The molecular weight excluding hydrogens is 288 g/mol. The lowest BCUT2D eigenvalue weighted by Crippen LogP contribution is -2.42. The van der Waals surface area contributed by atoms with Crippen molar-refractivity contribution in [3.63, 3.8) is 0 Å². The Morgan fingerprint density at radius 1 is 1.47 bits per heavy atom. The first-order valence-electron chi connectivity index (χ1n) is 5.27. The third kappa shape index (κ3) is 5.23. The molecule has 2 N–H and O–H groups in total. The van der Waals surface area contributed by atoms with Crippen LogP contribution >= 0.6 is 15.9 Å². The Labute approximate surface area is 109 Å². The van der Waals surface area contributed by atoms with E-state index in [4.69, 9.17) is 9.15 Å². The van der Waals surface area contributed by atoms with E-state index in [-0.39, 0.29) is 6.04 Å². The molecule has 1 aromatic heterocycles. The smallest absolute Gasteiger partial charge is 0.422 e. The lowest BCUT2D eigenvalue weighted by atomic mass is 10.2. The van der Waals surface area contributed by atoms with Gasteiger partial charge >= 0.3 is 6.09 Å². The Morgan fingerprint density at radius 2 is 2.12 bits per heavy atom. The fourth-order valence-corrected chi connectivity index (χ4v) is 1.42. The molecule has 0 aliphatic heterocycles. The molecule has 96 valence electrons. The van der Waals surface area contributed by atoms with Gasteiger partial charge in [-0.15, -0.1) is 0 Å². The number of carbonyl (C=O) groups is 1. The lowest BCUT2D eigenvalue weighted by Gasteiger charge is -2.20. The van der Waals surface area contributed by atoms with Crippen LogP contribution < -0.4 is 10.9 Å². The first-order chi connectivity index (χ1) is 7.78. The third-order valence-electron chi connectivity index (χ3n) is 1.81. The summed E-state index contributed by atoms with van der Waals surface area (Å²) < 4.78 is 11.1. The van der Waals surface area contributed by atoms with Crippen molar-refractivity contribution >= 4 is 22.0 Å². The Morgan fingerprint density at radius 3 is 2.59 bits per heavy atom. The van der Waals surface area contributed by atoms with E-state index in [9.17, 15) is 4.79 Å². The lowest BCUT2D eigenvalue weighted by molar-refractivity contribution is 0.0487. The Bertz CT molecular complexity index is 384. The van der Waals surface area contributed by atoms with E-state index in [1.165, 1.54) is 0 Å². The average molecular weight is 305 g/mol. The Kier molecular flexibility index (Phi) is 4.59. The molecule has 1 heterocycles. The van der Waals surface area contributed by atoms with Crippen molar-refractivity contribution in [2.75, 3.05) is 0 Å². The number of halogens is 1. The van der Waals surface area contributed by atoms with Crippen molar-refractivity contribution in [3.8, 4) is 0 Å². The second-order valence-electron chi connectivity index (χ2n) is 4.63. The molecule has 1 atom stereocenters. The van der Waals surface area contributed by atoms with Crippen LogP contribution in [0.1, 0.15) is 39.5 Å². The highest BCUT2D eigenvalue weighted by atomic mass is 79.9. The number of furan rings is 1. The van der Waals surface area contributed by atoms with Crippen LogP contribution in [0.5, 0.6) is 0 Å². The molecule has 5 nitrogen and oxygen atoms in total. The highest BCUT2D eigenvalue weighted by Gasteiger charge is 2.17. The molecule has 1 aromatic rings. The molecule has 17 heavy (non-hydrogen) atoms. The predicted molar refractivity (Wildman–Crippen MR) is 67.3 cm³/mol. The molecule has 1 rings (SSSR count). The number of amides is 1. The maximum Gasteiger partial charge on any atom is 0.422 e. The summed E-state index contributed by atoms with van der Waals surface area (Å²) in [5, 5.41) is 0. The summed E-state index contributed by atoms with van der Waals surface area (Å²) in [4.78, 5) is 11.4. The molecule has 0 aliphatic rings. The summed E-state index contributed by atoms with van der Waals surface area (Å²) in [5.41, 5.74) is 4.74. The van der Waals surface area contributed by atoms with E-state index in [2.05, 4.69) is 26.8 Å². The second kappa shape index (κ2) is 5.55. The first-order valence-corrected chi connectivity index (χ1v) is 6.07. The monoisotopic (exact) mass is 304 g/mol. The summed E-state index contributed by atoms with van der Waals surface area (Å²) in [6.45, 7) is 7.28.